The number of aromatic amines is 1. The minimum Gasteiger partial charge on any atom is -0.358 e. The van der Waals surface area contributed by atoms with Crippen molar-refractivity contribution < 1.29 is 13.8 Å². The maximum Gasteiger partial charge on any atom is 0.256 e. The van der Waals surface area contributed by atoms with E-state index >= 15 is 0 Å². The normalized spacial score (nSPS) is 20.5. The molecule has 0 spiro atoms. The van der Waals surface area contributed by atoms with Crippen LogP contribution < -0.4 is 5.32 Å². The fourth-order valence-corrected chi connectivity index (χ4v) is 8.51. The Hall–Kier alpha value is -2.91. The number of benzene rings is 2. The molecule has 43 heavy (non-hydrogen) atoms. The lowest BCUT2D eigenvalue weighted by atomic mass is 9.96. The van der Waals surface area contributed by atoms with Crippen LogP contribution in [0.15, 0.2) is 41.3 Å². The van der Waals surface area contributed by atoms with Crippen LogP contribution in [0.1, 0.15) is 64.1 Å². The second-order valence-corrected chi connectivity index (χ2v) is 14.1. The van der Waals surface area contributed by atoms with Crippen molar-refractivity contribution in [1.29, 1.82) is 0 Å². The Morgan fingerprint density at radius 3 is 2.56 bits per heavy atom. The number of fused-ring (bicyclic) bond motifs is 1. The molecular formula is C33H36Cl2N4O3S. The Morgan fingerprint density at radius 2 is 1.81 bits per heavy atom. The van der Waals surface area contributed by atoms with Gasteiger partial charge in [0.25, 0.3) is 11.8 Å². The molecule has 10 heteroatoms. The minimum absolute atomic E-state index is 0.0502. The molecule has 2 amide bonds. The molecule has 3 aliphatic rings. The van der Waals surface area contributed by atoms with Gasteiger partial charge in [-0.2, -0.15) is 0 Å². The van der Waals surface area contributed by atoms with Crippen molar-refractivity contribution in [2.45, 2.75) is 50.2 Å². The van der Waals surface area contributed by atoms with Gasteiger partial charge in [-0.3, -0.25) is 13.8 Å². The first-order valence-electron chi connectivity index (χ1n) is 14.9. The molecule has 0 radical (unpaired) electrons. The number of halogens is 2. The van der Waals surface area contributed by atoms with E-state index in [1.807, 2.05) is 18.7 Å². The smallest absolute Gasteiger partial charge is 0.256 e. The van der Waals surface area contributed by atoms with E-state index in [1.165, 1.54) is 25.9 Å². The van der Waals surface area contributed by atoms with Crippen LogP contribution in [0.2, 0.25) is 10.0 Å². The Balaban J connectivity index is 1.24. The monoisotopic (exact) mass is 638 g/mol. The Morgan fingerprint density at radius 1 is 1.07 bits per heavy atom. The van der Waals surface area contributed by atoms with Gasteiger partial charge in [-0.1, -0.05) is 29.3 Å². The zero-order chi connectivity index (χ0) is 30.2. The van der Waals surface area contributed by atoms with Crippen molar-refractivity contribution in [1.82, 2.24) is 14.8 Å². The summed E-state index contributed by atoms with van der Waals surface area (Å²) in [5.74, 6) is 0.471. The highest BCUT2D eigenvalue weighted by Crippen LogP contribution is 2.36. The van der Waals surface area contributed by atoms with Crippen LogP contribution in [-0.4, -0.2) is 63.5 Å². The highest BCUT2D eigenvalue weighted by Gasteiger charge is 2.31. The van der Waals surface area contributed by atoms with Crippen molar-refractivity contribution in [3.8, 4) is 0 Å². The summed E-state index contributed by atoms with van der Waals surface area (Å²) in [4.78, 5) is 35.3. The molecule has 226 valence electrons. The van der Waals surface area contributed by atoms with Crippen molar-refractivity contribution >= 4 is 63.2 Å². The number of carbonyl (C=O) groups excluding carboxylic acids is 2. The third-order valence-electron chi connectivity index (χ3n) is 8.87. The largest absolute Gasteiger partial charge is 0.358 e. The van der Waals surface area contributed by atoms with Crippen LogP contribution in [0.5, 0.6) is 0 Å². The van der Waals surface area contributed by atoms with Crippen LogP contribution in [0.3, 0.4) is 0 Å². The van der Waals surface area contributed by atoms with E-state index in [1.54, 1.807) is 42.5 Å². The molecule has 2 aromatic carbocycles. The fraction of sp³-hybridized carbons (Fsp3) is 0.394. The average Bonchev–Trinajstić information content (AvgIpc) is 3.68. The molecule has 3 aromatic rings. The summed E-state index contributed by atoms with van der Waals surface area (Å²) < 4.78 is 13.3. The van der Waals surface area contributed by atoms with Crippen LogP contribution in [-0.2, 0) is 21.3 Å². The second kappa shape index (κ2) is 12.6. The number of nitrogens with zero attached hydrogens (tertiary/aromatic N) is 2. The van der Waals surface area contributed by atoms with Crippen molar-refractivity contribution in [3.05, 3.63) is 80.1 Å². The number of likely N-dealkylation sites (tertiary alicyclic amines) is 2. The molecule has 7 nitrogen and oxygen atoms in total. The van der Waals surface area contributed by atoms with Gasteiger partial charge in [-0.15, -0.1) is 0 Å². The van der Waals surface area contributed by atoms with E-state index < -0.39 is 10.8 Å². The topological polar surface area (TPSA) is 85.5 Å². The molecule has 2 N–H and O–H groups in total. The predicted molar refractivity (Wildman–Crippen MR) is 174 cm³/mol. The second-order valence-electron chi connectivity index (χ2n) is 11.8. The molecule has 0 aliphatic carbocycles. The van der Waals surface area contributed by atoms with E-state index in [4.69, 9.17) is 23.2 Å². The van der Waals surface area contributed by atoms with Crippen molar-refractivity contribution in [2.24, 2.45) is 5.92 Å². The van der Waals surface area contributed by atoms with Crippen molar-refractivity contribution in [3.63, 3.8) is 0 Å². The first-order chi connectivity index (χ1) is 20.7. The Labute approximate surface area is 265 Å². The number of anilines is 1. The summed E-state index contributed by atoms with van der Waals surface area (Å²) in [7, 11) is -1.43. The highest BCUT2D eigenvalue weighted by atomic mass is 35.5. The van der Waals surface area contributed by atoms with E-state index in [0.29, 0.717) is 48.8 Å². The molecule has 2 atom stereocenters. The van der Waals surface area contributed by atoms with Gasteiger partial charge in [0.1, 0.15) is 0 Å². The summed E-state index contributed by atoms with van der Waals surface area (Å²) >= 11 is 12.6. The molecule has 2 saturated heterocycles. The van der Waals surface area contributed by atoms with Crippen LogP contribution in [0.4, 0.5) is 5.69 Å². The van der Waals surface area contributed by atoms with Crippen LogP contribution in [0.25, 0.3) is 11.6 Å². The number of H-pyrrole nitrogens is 1. The van der Waals surface area contributed by atoms with E-state index in [9.17, 15) is 13.8 Å². The summed E-state index contributed by atoms with van der Waals surface area (Å²) in [5, 5.41) is 3.84. The number of aromatic nitrogens is 1. The SMILES string of the molecule is Cc1[nH]c(C=C2C(=O)Nc3ccc(S(=O)Cc4c(Cl)cccc4Cl)cc32)c(C)c1C(=O)N1CCC[C@@H](CN2CCCC2)C1. The third-order valence-corrected chi connectivity index (χ3v) is 10.9. The van der Waals surface area contributed by atoms with Gasteiger partial charge >= 0.3 is 0 Å². The van der Waals surface area contributed by atoms with Gasteiger partial charge in [0.15, 0.2) is 0 Å². The summed E-state index contributed by atoms with van der Waals surface area (Å²) in [5.41, 5.74) is 5.42. The number of aryl methyl sites for hydroxylation is 1. The standard InChI is InChI=1S/C33H36Cl2N4O3S/c1-20-30(36-21(2)31(20)33(41)39-14-6-7-22(18-39)17-38-12-3-4-13-38)16-25-24-15-23(10-11-29(24)37-32(25)40)43(42)19-26-27(34)8-5-9-28(26)35/h5,8-11,15-16,22,36H,3-4,6-7,12-14,17-19H2,1-2H3,(H,37,40)/t22-,43?/m0/s1. The Bertz CT molecular complexity index is 1620. The fourth-order valence-electron chi connectivity index (χ4n) is 6.61. The maximum absolute atomic E-state index is 13.8. The lowest BCUT2D eigenvalue weighted by Crippen LogP contribution is -2.43. The van der Waals surface area contributed by atoms with E-state index in [0.717, 1.165) is 49.4 Å². The molecule has 6 rings (SSSR count). The van der Waals surface area contributed by atoms with Crippen LogP contribution >= 0.6 is 23.2 Å². The summed E-state index contributed by atoms with van der Waals surface area (Å²) in [6.45, 7) is 8.80. The minimum atomic E-state index is -1.43. The number of nitrogens with one attached hydrogen (secondary N) is 2. The van der Waals surface area contributed by atoms with E-state index in [-0.39, 0.29) is 17.6 Å². The van der Waals surface area contributed by atoms with Crippen LogP contribution in [0, 0.1) is 19.8 Å². The number of amides is 2. The van der Waals surface area contributed by atoms with Gasteiger partial charge in [0.2, 0.25) is 0 Å². The highest BCUT2D eigenvalue weighted by molar-refractivity contribution is 7.84. The Kier molecular flexibility index (Phi) is 8.83. The molecular weight excluding hydrogens is 603 g/mol. The number of hydrogen-bond acceptors (Lipinski definition) is 4. The lowest BCUT2D eigenvalue weighted by molar-refractivity contribution is -0.110. The van der Waals surface area contributed by atoms with Gasteiger partial charge in [0.05, 0.1) is 27.7 Å². The zero-order valence-electron chi connectivity index (χ0n) is 24.5. The van der Waals surface area contributed by atoms with Crippen molar-refractivity contribution in [2.75, 3.05) is 38.0 Å². The van der Waals surface area contributed by atoms with Gasteiger partial charge in [-0.25, -0.2) is 0 Å². The maximum atomic E-state index is 13.8. The molecule has 4 heterocycles. The predicted octanol–water partition coefficient (Wildman–Crippen LogP) is 6.69. The molecule has 1 unspecified atom stereocenters. The summed E-state index contributed by atoms with van der Waals surface area (Å²) in [6.07, 6.45) is 6.52. The number of carbonyl (C=O) groups is 2. The zero-order valence-corrected chi connectivity index (χ0v) is 26.8. The number of hydrogen-bond donors (Lipinski definition) is 2. The molecule has 1 aromatic heterocycles. The van der Waals surface area contributed by atoms with Gasteiger partial charge in [0, 0.05) is 62.8 Å². The molecule has 2 fully saturated rings. The lowest BCUT2D eigenvalue weighted by Gasteiger charge is -2.35. The number of piperidine rings is 1. The average molecular weight is 640 g/mol. The summed E-state index contributed by atoms with van der Waals surface area (Å²) in [6, 6.07) is 10.5. The molecule has 3 aliphatic heterocycles. The molecule has 0 saturated carbocycles. The first kappa shape index (κ1) is 30.1. The van der Waals surface area contributed by atoms with Gasteiger partial charge < -0.3 is 20.1 Å². The van der Waals surface area contributed by atoms with Gasteiger partial charge in [-0.05, 0) is 101 Å². The first-order valence-corrected chi connectivity index (χ1v) is 17.0. The van der Waals surface area contributed by atoms with E-state index in [2.05, 4.69) is 15.2 Å². The molecule has 0 bridgehead atoms. The third kappa shape index (κ3) is 6.21. The quantitative estimate of drug-likeness (QED) is 0.283. The number of rotatable bonds is 7.